The molecule has 0 unspecified atom stereocenters. The second kappa shape index (κ2) is 6.05. The quantitative estimate of drug-likeness (QED) is 0.878. The molecule has 2 aromatic carbocycles. The molecule has 96 valence electrons. The summed E-state index contributed by atoms with van der Waals surface area (Å²) in [6, 6.07) is 11.7. The molecule has 2 rings (SSSR count). The molecule has 0 amide bonds. The maximum absolute atomic E-state index is 13.2. The van der Waals surface area contributed by atoms with E-state index in [1.165, 1.54) is 12.1 Å². The molecule has 0 aromatic heterocycles. The van der Waals surface area contributed by atoms with Crippen LogP contribution in [0.4, 0.5) is 10.1 Å². The Morgan fingerprint density at radius 1 is 1.26 bits per heavy atom. The third kappa shape index (κ3) is 3.46. The van der Waals surface area contributed by atoms with Crippen LogP contribution in [-0.4, -0.2) is 0 Å². The van der Waals surface area contributed by atoms with E-state index in [-0.39, 0.29) is 5.56 Å². The van der Waals surface area contributed by atoms with Crippen molar-refractivity contribution in [2.45, 2.75) is 6.54 Å². The van der Waals surface area contributed by atoms with Gasteiger partial charge in [0.05, 0.1) is 5.56 Å². The monoisotopic (exact) mass is 338 g/mol. The van der Waals surface area contributed by atoms with Crippen molar-refractivity contribution in [2.24, 2.45) is 0 Å². The van der Waals surface area contributed by atoms with Crippen LogP contribution in [0.1, 0.15) is 11.1 Å². The first-order valence-electron chi connectivity index (χ1n) is 5.47. The molecule has 0 aliphatic rings. The Bertz CT molecular complexity index is 652. The fourth-order valence-corrected chi connectivity index (χ4v) is 2.19. The van der Waals surface area contributed by atoms with Crippen LogP contribution >= 0.6 is 27.5 Å². The Kier molecular flexibility index (Phi) is 4.41. The molecule has 0 saturated carbocycles. The van der Waals surface area contributed by atoms with Crippen molar-refractivity contribution in [2.75, 3.05) is 5.32 Å². The van der Waals surface area contributed by atoms with Crippen LogP contribution < -0.4 is 5.32 Å². The van der Waals surface area contributed by atoms with E-state index in [0.717, 1.165) is 10.0 Å². The highest BCUT2D eigenvalue weighted by molar-refractivity contribution is 9.10. The number of nitrogens with one attached hydrogen (secondary N) is 1. The van der Waals surface area contributed by atoms with Crippen LogP contribution in [0, 0.1) is 17.1 Å². The average molecular weight is 340 g/mol. The molecule has 1 N–H and O–H groups in total. The third-order valence-electron chi connectivity index (χ3n) is 2.58. The van der Waals surface area contributed by atoms with Crippen LogP contribution in [0.25, 0.3) is 0 Å². The smallest absolute Gasteiger partial charge is 0.141 e. The molecule has 5 heteroatoms. The minimum absolute atomic E-state index is 0.0188. The molecule has 0 aliphatic carbocycles. The number of nitriles is 1. The summed E-state index contributed by atoms with van der Waals surface area (Å²) in [4.78, 5) is 0. The molecule has 0 bridgehead atoms. The molecule has 0 aliphatic heterocycles. The summed E-state index contributed by atoms with van der Waals surface area (Å²) in [5.41, 5.74) is 1.61. The van der Waals surface area contributed by atoms with E-state index in [0.29, 0.717) is 17.3 Å². The molecule has 2 nitrogen and oxygen atoms in total. The van der Waals surface area contributed by atoms with Crippen LogP contribution in [0.5, 0.6) is 0 Å². The maximum Gasteiger partial charge on any atom is 0.141 e. The molecule has 0 spiro atoms. The fourth-order valence-electron chi connectivity index (χ4n) is 1.60. The highest BCUT2D eigenvalue weighted by Crippen LogP contribution is 2.22. The van der Waals surface area contributed by atoms with E-state index < -0.39 is 5.82 Å². The predicted octanol–water partition coefficient (Wildman–Crippen LogP) is 4.73. The second-order valence-electron chi connectivity index (χ2n) is 3.90. The van der Waals surface area contributed by atoms with Crippen LogP contribution in [-0.2, 0) is 6.54 Å². The Hall–Kier alpha value is -1.57. The largest absolute Gasteiger partial charge is 0.381 e. The number of hydrogen-bond acceptors (Lipinski definition) is 2. The number of rotatable bonds is 3. The first-order chi connectivity index (χ1) is 9.10. The lowest BCUT2D eigenvalue weighted by atomic mass is 10.2. The van der Waals surface area contributed by atoms with Gasteiger partial charge in [-0.15, -0.1) is 0 Å². The standard InChI is InChI=1S/C14H9BrClFN2/c15-11-1-3-13(16)10(5-11)8-19-12-2-4-14(17)9(6-12)7-18/h1-6,19H,8H2. The zero-order chi connectivity index (χ0) is 13.8. The van der Waals surface area contributed by atoms with Crippen molar-refractivity contribution in [1.82, 2.24) is 0 Å². The number of anilines is 1. The summed E-state index contributed by atoms with van der Waals surface area (Å²) in [6.07, 6.45) is 0. The van der Waals surface area contributed by atoms with Crippen LogP contribution in [0.3, 0.4) is 0 Å². The Labute approximate surface area is 123 Å². The van der Waals surface area contributed by atoms with Crippen molar-refractivity contribution in [3.05, 3.63) is 62.8 Å². The molecule has 19 heavy (non-hydrogen) atoms. The van der Waals surface area contributed by atoms with E-state index in [1.54, 1.807) is 18.2 Å². The number of benzene rings is 2. The van der Waals surface area contributed by atoms with Gasteiger partial charge < -0.3 is 5.32 Å². The van der Waals surface area contributed by atoms with Crippen LogP contribution in [0.15, 0.2) is 40.9 Å². The van der Waals surface area contributed by atoms with Gasteiger partial charge >= 0.3 is 0 Å². The summed E-state index contributed by atoms with van der Waals surface area (Å²) in [5.74, 6) is -0.520. The SMILES string of the molecule is N#Cc1cc(NCc2cc(Br)ccc2Cl)ccc1F. The fraction of sp³-hybridized carbons (Fsp3) is 0.0714. The highest BCUT2D eigenvalue weighted by atomic mass is 79.9. The van der Waals surface area contributed by atoms with Gasteiger partial charge in [0.25, 0.3) is 0 Å². The summed E-state index contributed by atoms with van der Waals surface area (Å²) < 4.78 is 14.1. The lowest BCUT2D eigenvalue weighted by Gasteiger charge is -2.09. The molecular formula is C14H9BrClFN2. The van der Waals surface area contributed by atoms with Crippen molar-refractivity contribution < 1.29 is 4.39 Å². The van der Waals surface area contributed by atoms with Gasteiger partial charge in [-0.1, -0.05) is 27.5 Å². The van der Waals surface area contributed by atoms with Gasteiger partial charge in [-0.25, -0.2) is 4.39 Å². The minimum Gasteiger partial charge on any atom is -0.381 e. The molecule has 0 fully saturated rings. The van der Waals surface area contributed by atoms with E-state index in [1.807, 2.05) is 12.1 Å². The third-order valence-corrected chi connectivity index (χ3v) is 3.44. The normalized spacial score (nSPS) is 10.0. The first-order valence-corrected chi connectivity index (χ1v) is 6.64. The van der Waals surface area contributed by atoms with Gasteiger partial charge in [-0.2, -0.15) is 5.26 Å². The zero-order valence-electron chi connectivity index (χ0n) is 9.75. The molecule has 0 radical (unpaired) electrons. The summed E-state index contributed by atoms with van der Waals surface area (Å²) in [7, 11) is 0. The van der Waals surface area contributed by atoms with Crippen molar-refractivity contribution in [3.63, 3.8) is 0 Å². The van der Waals surface area contributed by atoms with Crippen molar-refractivity contribution >= 4 is 33.2 Å². The minimum atomic E-state index is -0.520. The average Bonchev–Trinajstić information content (AvgIpc) is 2.41. The lowest BCUT2D eigenvalue weighted by Crippen LogP contribution is -2.01. The Balaban J connectivity index is 2.15. The topological polar surface area (TPSA) is 35.8 Å². The number of hydrogen-bond donors (Lipinski definition) is 1. The molecule has 0 atom stereocenters. The maximum atomic E-state index is 13.2. The Morgan fingerprint density at radius 3 is 2.79 bits per heavy atom. The molecule has 0 heterocycles. The predicted molar refractivity (Wildman–Crippen MR) is 77.6 cm³/mol. The summed E-state index contributed by atoms with van der Waals surface area (Å²) >= 11 is 9.45. The van der Waals surface area contributed by atoms with Crippen molar-refractivity contribution in [1.29, 1.82) is 5.26 Å². The van der Waals surface area contributed by atoms with E-state index in [9.17, 15) is 4.39 Å². The highest BCUT2D eigenvalue weighted by Gasteiger charge is 2.04. The van der Waals surface area contributed by atoms with Gasteiger partial charge in [0.15, 0.2) is 0 Å². The molecular weight excluding hydrogens is 331 g/mol. The van der Waals surface area contributed by atoms with E-state index in [4.69, 9.17) is 16.9 Å². The number of nitrogens with zero attached hydrogens (tertiary/aromatic N) is 1. The number of halogens is 3. The first kappa shape index (κ1) is 13.9. The van der Waals surface area contributed by atoms with E-state index >= 15 is 0 Å². The zero-order valence-corrected chi connectivity index (χ0v) is 12.1. The summed E-state index contributed by atoms with van der Waals surface area (Å²) in [5, 5.41) is 12.5. The van der Waals surface area contributed by atoms with Gasteiger partial charge in [0, 0.05) is 21.7 Å². The molecule has 0 saturated heterocycles. The summed E-state index contributed by atoms with van der Waals surface area (Å²) in [6.45, 7) is 0.495. The lowest BCUT2D eigenvalue weighted by molar-refractivity contribution is 0.624. The van der Waals surface area contributed by atoms with Crippen LogP contribution in [0.2, 0.25) is 5.02 Å². The van der Waals surface area contributed by atoms with Gasteiger partial charge in [0.1, 0.15) is 11.9 Å². The Morgan fingerprint density at radius 2 is 2.05 bits per heavy atom. The van der Waals surface area contributed by atoms with Gasteiger partial charge in [0.2, 0.25) is 0 Å². The molecule has 2 aromatic rings. The van der Waals surface area contributed by atoms with Gasteiger partial charge in [-0.05, 0) is 42.0 Å². The van der Waals surface area contributed by atoms with Crippen molar-refractivity contribution in [3.8, 4) is 6.07 Å². The van der Waals surface area contributed by atoms with Gasteiger partial charge in [-0.3, -0.25) is 0 Å². The second-order valence-corrected chi connectivity index (χ2v) is 5.22. The van der Waals surface area contributed by atoms with E-state index in [2.05, 4.69) is 21.2 Å².